The number of nitrogen functional groups attached to an aromatic ring is 1. The Balaban J connectivity index is 2.77. The lowest BCUT2D eigenvalue weighted by Gasteiger charge is -2.07. The zero-order chi connectivity index (χ0) is 16.7. The van der Waals surface area contributed by atoms with Crippen molar-refractivity contribution in [1.29, 1.82) is 0 Å². The largest absolute Gasteiger partial charge is 0.381 e. The molecule has 0 spiro atoms. The van der Waals surface area contributed by atoms with Gasteiger partial charge in [-0.05, 0) is 24.5 Å². The third-order valence-corrected chi connectivity index (χ3v) is 3.93. The van der Waals surface area contributed by atoms with E-state index in [1.54, 1.807) is 0 Å². The molecule has 0 atom stereocenters. The Morgan fingerprint density at radius 2 is 2.16 bits per heavy atom. The highest BCUT2D eigenvalue weighted by Gasteiger charge is 2.14. The fourth-order valence-electron chi connectivity index (χ4n) is 1.39. The fraction of sp³-hybridized carbons (Fsp3) is 0.0909. The molecule has 0 radical (unpaired) electrons. The number of hydrogen-bond donors (Lipinski definition) is 1. The van der Waals surface area contributed by atoms with Crippen LogP contribution in [0.15, 0.2) is 29.3 Å². The van der Waals surface area contributed by atoms with Gasteiger partial charge in [0.05, 0.1) is 16.8 Å². The standard InChI is InChI=1S/C11H9Cl2N3O2S/c1-6-2-3-7(19(13,17)18)4-8(6)9-5-15-11(14)10(12)16-9/h2-5H,1H3,(H2,14,15)/i1D3. The molecule has 0 fully saturated rings. The first-order valence-electron chi connectivity index (χ1n) is 6.38. The summed E-state index contributed by atoms with van der Waals surface area (Å²) < 4.78 is 45.5. The van der Waals surface area contributed by atoms with E-state index in [9.17, 15) is 8.42 Å². The average Bonchev–Trinajstić information content (AvgIpc) is 2.39. The highest BCUT2D eigenvalue weighted by atomic mass is 35.7. The van der Waals surface area contributed by atoms with Crippen LogP contribution in [0.25, 0.3) is 11.3 Å². The summed E-state index contributed by atoms with van der Waals surface area (Å²) in [6.45, 7) is -2.49. The first-order chi connectivity index (χ1) is 10.00. The molecule has 0 saturated carbocycles. The van der Waals surface area contributed by atoms with Gasteiger partial charge in [0.2, 0.25) is 0 Å². The molecule has 2 N–H and O–H groups in total. The van der Waals surface area contributed by atoms with Gasteiger partial charge in [0, 0.05) is 20.4 Å². The van der Waals surface area contributed by atoms with Crippen molar-refractivity contribution in [2.45, 2.75) is 11.7 Å². The first kappa shape index (κ1) is 10.4. The number of halogens is 2. The summed E-state index contributed by atoms with van der Waals surface area (Å²) in [5.74, 6) is -0.0260. The molecule has 5 nitrogen and oxygen atoms in total. The van der Waals surface area contributed by atoms with Crippen molar-refractivity contribution >= 4 is 37.2 Å². The van der Waals surface area contributed by atoms with Gasteiger partial charge in [-0.1, -0.05) is 17.7 Å². The minimum Gasteiger partial charge on any atom is -0.381 e. The maximum atomic E-state index is 11.4. The lowest BCUT2D eigenvalue weighted by molar-refractivity contribution is 0.609. The van der Waals surface area contributed by atoms with Crippen molar-refractivity contribution in [2.75, 3.05) is 5.73 Å². The molecule has 0 bridgehead atoms. The number of rotatable bonds is 2. The van der Waals surface area contributed by atoms with Crippen LogP contribution in [0, 0.1) is 6.85 Å². The van der Waals surface area contributed by atoms with Crippen LogP contribution in [0.2, 0.25) is 5.15 Å². The average molecular weight is 321 g/mol. The number of hydrogen-bond acceptors (Lipinski definition) is 5. The zero-order valence-electron chi connectivity index (χ0n) is 12.3. The lowest BCUT2D eigenvalue weighted by Crippen LogP contribution is -1.98. The second-order valence-electron chi connectivity index (χ2n) is 3.58. The van der Waals surface area contributed by atoms with E-state index < -0.39 is 15.9 Å². The van der Waals surface area contributed by atoms with Gasteiger partial charge >= 0.3 is 0 Å². The number of nitrogens with two attached hydrogens (primary N) is 1. The van der Waals surface area contributed by atoms with E-state index in [1.807, 2.05) is 0 Å². The zero-order valence-corrected chi connectivity index (χ0v) is 11.6. The lowest BCUT2D eigenvalue weighted by atomic mass is 10.1. The second kappa shape index (κ2) is 4.96. The minimum atomic E-state index is -4.03. The predicted octanol–water partition coefficient (Wildman–Crippen LogP) is 2.62. The van der Waals surface area contributed by atoms with E-state index in [0.717, 1.165) is 18.2 Å². The topological polar surface area (TPSA) is 85.9 Å². The van der Waals surface area contributed by atoms with Crippen molar-refractivity contribution in [3.05, 3.63) is 35.1 Å². The van der Waals surface area contributed by atoms with Crippen molar-refractivity contribution < 1.29 is 12.5 Å². The molecule has 1 aromatic carbocycles. The Hall–Kier alpha value is -1.37. The Bertz CT molecular complexity index is 841. The molecule has 100 valence electrons. The van der Waals surface area contributed by atoms with E-state index in [-0.39, 0.29) is 32.7 Å². The van der Waals surface area contributed by atoms with E-state index in [4.69, 9.17) is 32.1 Å². The molecule has 2 rings (SSSR count). The van der Waals surface area contributed by atoms with Gasteiger partial charge in [0.15, 0.2) is 11.0 Å². The van der Waals surface area contributed by atoms with Crippen molar-refractivity contribution in [2.24, 2.45) is 0 Å². The van der Waals surface area contributed by atoms with Gasteiger partial charge in [-0.15, -0.1) is 0 Å². The predicted molar refractivity (Wildman–Crippen MR) is 74.7 cm³/mol. The van der Waals surface area contributed by atoms with Crippen LogP contribution in [0.4, 0.5) is 5.82 Å². The van der Waals surface area contributed by atoms with E-state index in [0.29, 0.717) is 0 Å². The molecule has 0 unspecified atom stereocenters. The number of benzene rings is 1. The second-order valence-corrected chi connectivity index (χ2v) is 6.50. The highest BCUT2D eigenvalue weighted by Crippen LogP contribution is 2.27. The van der Waals surface area contributed by atoms with Crippen LogP contribution >= 0.6 is 22.3 Å². The van der Waals surface area contributed by atoms with Crippen molar-refractivity contribution in [3.63, 3.8) is 0 Å². The van der Waals surface area contributed by atoms with Crippen LogP contribution in [-0.4, -0.2) is 18.4 Å². The summed E-state index contributed by atoms with van der Waals surface area (Å²) in [6.07, 6.45) is 1.20. The molecule has 0 saturated heterocycles. The molecule has 8 heteroatoms. The third kappa shape index (κ3) is 2.97. The number of aromatic nitrogens is 2. The normalized spacial score (nSPS) is 14.5. The van der Waals surface area contributed by atoms with Gasteiger partial charge in [-0.2, -0.15) is 0 Å². The molecular weight excluding hydrogens is 309 g/mol. The van der Waals surface area contributed by atoms with E-state index in [1.165, 1.54) is 6.20 Å². The Labute approximate surface area is 124 Å². The van der Waals surface area contributed by atoms with Crippen molar-refractivity contribution in [1.82, 2.24) is 9.97 Å². The fourth-order valence-corrected chi connectivity index (χ4v) is 2.31. The number of anilines is 1. The van der Waals surface area contributed by atoms with E-state index >= 15 is 0 Å². The highest BCUT2D eigenvalue weighted by molar-refractivity contribution is 8.13. The summed E-state index contributed by atoms with van der Waals surface area (Å²) in [7, 11) is 1.26. The Morgan fingerprint density at radius 3 is 2.74 bits per heavy atom. The van der Waals surface area contributed by atoms with Crippen molar-refractivity contribution in [3.8, 4) is 11.3 Å². The number of aryl methyl sites for hydroxylation is 1. The van der Waals surface area contributed by atoms with Gasteiger partial charge < -0.3 is 5.73 Å². The van der Waals surface area contributed by atoms with E-state index in [2.05, 4.69) is 9.97 Å². The first-order valence-corrected chi connectivity index (χ1v) is 7.56. The third-order valence-electron chi connectivity index (χ3n) is 2.30. The maximum Gasteiger partial charge on any atom is 0.261 e. The van der Waals surface area contributed by atoms with Crippen LogP contribution in [0.1, 0.15) is 9.68 Å². The summed E-state index contributed by atoms with van der Waals surface area (Å²) in [5, 5.41) is -0.117. The summed E-state index contributed by atoms with van der Waals surface area (Å²) in [5.41, 5.74) is 5.47. The molecule has 2 aromatic rings. The molecule has 19 heavy (non-hydrogen) atoms. The monoisotopic (exact) mass is 320 g/mol. The van der Waals surface area contributed by atoms with Gasteiger partial charge in [-0.3, -0.25) is 0 Å². The molecular formula is C11H9Cl2N3O2S. The molecule has 0 aliphatic rings. The Kier molecular flexibility index (Phi) is 2.72. The smallest absolute Gasteiger partial charge is 0.261 e. The Morgan fingerprint density at radius 1 is 1.42 bits per heavy atom. The molecule has 0 aliphatic carbocycles. The van der Waals surface area contributed by atoms with Gasteiger partial charge in [0.1, 0.15) is 0 Å². The minimum absolute atomic E-state index is 0.0260. The van der Waals surface area contributed by atoms with Crippen LogP contribution < -0.4 is 5.73 Å². The molecule has 1 heterocycles. The molecule has 0 amide bonds. The number of nitrogens with zero attached hydrogens (tertiary/aromatic N) is 2. The summed E-state index contributed by atoms with van der Waals surface area (Å²) in [6, 6.07) is 3.38. The SMILES string of the molecule is [2H]C([2H])([2H])c1ccc(S(=O)(=O)Cl)cc1-c1cnc(N)c(Cl)n1. The van der Waals surface area contributed by atoms with Crippen LogP contribution in [-0.2, 0) is 9.05 Å². The summed E-state index contributed by atoms with van der Waals surface area (Å²) in [4.78, 5) is 7.46. The van der Waals surface area contributed by atoms with Gasteiger partial charge in [-0.25, -0.2) is 18.4 Å². The maximum absolute atomic E-state index is 11.4. The molecule has 1 aromatic heterocycles. The summed E-state index contributed by atoms with van der Waals surface area (Å²) >= 11 is 5.78. The van der Waals surface area contributed by atoms with Crippen LogP contribution in [0.5, 0.6) is 0 Å². The van der Waals surface area contributed by atoms with Crippen LogP contribution in [0.3, 0.4) is 0 Å². The quantitative estimate of drug-likeness (QED) is 0.859. The molecule has 0 aliphatic heterocycles. The van der Waals surface area contributed by atoms with Gasteiger partial charge in [0.25, 0.3) is 9.05 Å².